The first kappa shape index (κ1) is 30.4. The number of allylic oxidation sites excluding steroid dienone is 4. The van der Waals surface area contributed by atoms with Crippen molar-refractivity contribution in [1.29, 1.82) is 0 Å². The van der Waals surface area contributed by atoms with Gasteiger partial charge in [0.25, 0.3) is 0 Å². The molecule has 0 bridgehead atoms. The van der Waals surface area contributed by atoms with E-state index in [-0.39, 0.29) is 18.5 Å². The van der Waals surface area contributed by atoms with Crippen LogP contribution in [0.1, 0.15) is 136 Å². The van der Waals surface area contributed by atoms with Gasteiger partial charge in [-0.05, 0) is 64.2 Å². The van der Waals surface area contributed by atoms with E-state index in [1.807, 2.05) is 6.92 Å². The average Bonchev–Trinajstić information content (AvgIpc) is 2.76. The van der Waals surface area contributed by atoms with Crippen molar-refractivity contribution in [2.45, 2.75) is 142 Å². The summed E-state index contributed by atoms with van der Waals surface area (Å²) in [4.78, 5) is 22.5. The lowest BCUT2D eigenvalue weighted by molar-refractivity contribution is -0.149. The molecule has 0 aliphatic heterocycles. The van der Waals surface area contributed by atoms with Gasteiger partial charge in [-0.2, -0.15) is 0 Å². The van der Waals surface area contributed by atoms with Gasteiger partial charge in [0.15, 0.2) is 0 Å². The van der Waals surface area contributed by atoms with Crippen LogP contribution in [-0.2, 0) is 14.3 Å². The fourth-order valence-corrected chi connectivity index (χ4v) is 3.73. The number of carbonyl (C=O) groups is 2. The lowest BCUT2D eigenvalue weighted by Gasteiger charge is -2.17. The second-order valence-electron chi connectivity index (χ2n) is 8.87. The fraction of sp³-hybridized carbons (Fsp3) is 0.786. The van der Waals surface area contributed by atoms with Crippen LogP contribution in [0.3, 0.4) is 0 Å². The largest absolute Gasteiger partial charge is 0.481 e. The topological polar surface area (TPSA) is 63.6 Å². The molecule has 0 heterocycles. The van der Waals surface area contributed by atoms with Crippen LogP contribution in [0.2, 0.25) is 0 Å². The lowest BCUT2D eigenvalue weighted by atomic mass is 10.0. The van der Waals surface area contributed by atoms with E-state index >= 15 is 0 Å². The molecule has 1 N–H and O–H groups in total. The third kappa shape index (κ3) is 23.1. The van der Waals surface area contributed by atoms with Gasteiger partial charge < -0.3 is 9.84 Å². The standard InChI is InChI=1S/C28H50O4/c1-3-5-6-7-8-9-10-11-12-13-14-16-19-23-26(32-28(31)22-4-2)24-20-17-15-18-21-25-27(29)30/h10-11,13-14,26H,3-9,12,15-25H2,1-2H3,(H,29,30)/b11-10-,14-13-. The van der Waals surface area contributed by atoms with Gasteiger partial charge in [0.1, 0.15) is 6.10 Å². The number of hydrogen-bond acceptors (Lipinski definition) is 3. The van der Waals surface area contributed by atoms with Crippen molar-refractivity contribution < 1.29 is 19.4 Å². The van der Waals surface area contributed by atoms with Gasteiger partial charge in [0.05, 0.1) is 0 Å². The zero-order valence-corrected chi connectivity index (χ0v) is 21.0. The van der Waals surface area contributed by atoms with Crippen molar-refractivity contribution in [2.24, 2.45) is 0 Å². The minimum atomic E-state index is -0.712. The summed E-state index contributed by atoms with van der Waals surface area (Å²) < 4.78 is 5.71. The third-order valence-electron chi connectivity index (χ3n) is 5.65. The van der Waals surface area contributed by atoms with Crippen LogP contribution >= 0.6 is 0 Å². The Labute approximate surface area is 197 Å². The predicted octanol–water partition coefficient (Wildman–Crippen LogP) is 8.55. The molecule has 0 aliphatic carbocycles. The summed E-state index contributed by atoms with van der Waals surface area (Å²) in [5.41, 5.74) is 0. The zero-order valence-electron chi connectivity index (χ0n) is 21.0. The number of carboxylic acid groups (broad SMARTS) is 1. The van der Waals surface area contributed by atoms with Crippen LogP contribution < -0.4 is 0 Å². The summed E-state index contributed by atoms with van der Waals surface area (Å²) in [6, 6.07) is 0. The zero-order chi connectivity index (χ0) is 23.7. The molecular formula is C28H50O4. The number of aliphatic carboxylic acids is 1. The van der Waals surface area contributed by atoms with E-state index in [4.69, 9.17) is 9.84 Å². The molecule has 0 aliphatic rings. The molecule has 186 valence electrons. The van der Waals surface area contributed by atoms with E-state index < -0.39 is 5.97 Å². The third-order valence-corrected chi connectivity index (χ3v) is 5.65. The SMILES string of the molecule is CCCCCCC/C=C\C/C=C\CCCC(CCCCCCCC(=O)O)OC(=O)CCC. The summed E-state index contributed by atoms with van der Waals surface area (Å²) in [6.07, 6.45) is 28.4. The van der Waals surface area contributed by atoms with Crippen LogP contribution in [0.15, 0.2) is 24.3 Å². The Hall–Kier alpha value is -1.58. The van der Waals surface area contributed by atoms with Crippen molar-refractivity contribution in [3.8, 4) is 0 Å². The maximum absolute atomic E-state index is 11.9. The van der Waals surface area contributed by atoms with Gasteiger partial charge in [0.2, 0.25) is 0 Å². The van der Waals surface area contributed by atoms with Gasteiger partial charge in [-0.25, -0.2) is 0 Å². The number of rotatable bonds is 23. The first-order chi connectivity index (χ1) is 15.6. The Bertz CT molecular complexity index is 496. The first-order valence-corrected chi connectivity index (χ1v) is 13.3. The summed E-state index contributed by atoms with van der Waals surface area (Å²) in [6.45, 7) is 4.25. The van der Waals surface area contributed by atoms with Crippen molar-refractivity contribution in [3.05, 3.63) is 24.3 Å². The highest BCUT2D eigenvalue weighted by atomic mass is 16.5. The minimum Gasteiger partial charge on any atom is -0.481 e. The normalized spacial score (nSPS) is 12.6. The molecule has 32 heavy (non-hydrogen) atoms. The number of carboxylic acids is 1. The highest BCUT2D eigenvalue weighted by molar-refractivity contribution is 5.69. The molecule has 1 atom stereocenters. The molecule has 0 rings (SSSR count). The maximum Gasteiger partial charge on any atom is 0.306 e. The smallest absolute Gasteiger partial charge is 0.306 e. The van der Waals surface area contributed by atoms with E-state index in [0.717, 1.165) is 70.6 Å². The maximum atomic E-state index is 11.9. The highest BCUT2D eigenvalue weighted by Crippen LogP contribution is 2.16. The van der Waals surface area contributed by atoms with Crippen LogP contribution in [0, 0.1) is 0 Å². The fourth-order valence-electron chi connectivity index (χ4n) is 3.73. The Morgan fingerprint density at radius 2 is 1.28 bits per heavy atom. The van der Waals surface area contributed by atoms with Crippen LogP contribution in [-0.4, -0.2) is 23.1 Å². The molecule has 0 spiro atoms. The number of carbonyl (C=O) groups excluding carboxylic acids is 1. The van der Waals surface area contributed by atoms with E-state index in [1.54, 1.807) is 0 Å². The molecule has 0 aromatic heterocycles. The molecule has 1 unspecified atom stereocenters. The molecule has 0 aromatic rings. The average molecular weight is 451 g/mol. The molecule has 0 saturated carbocycles. The van der Waals surface area contributed by atoms with Gasteiger partial charge in [0, 0.05) is 12.8 Å². The van der Waals surface area contributed by atoms with Crippen molar-refractivity contribution in [1.82, 2.24) is 0 Å². The van der Waals surface area contributed by atoms with E-state index in [2.05, 4.69) is 31.2 Å². The summed E-state index contributed by atoms with van der Waals surface area (Å²) in [7, 11) is 0. The molecule has 0 radical (unpaired) electrons. The molecule has 0 amide bonds. The predicted molar refractivity (Wildman–Crippen MR) is 135 cm³/mol. The molecule has 0 aromatic carbocycles. The molecule has 4 nitrogen and oxygen atoms in total. The monoisotopic (exact) mass is 450 g/mol. The van der Waals surface area contributed by atoms with Crippen molar-refractivity contribution in [3.63, 3.8) is 0 Å². The highest BCUT2D eigenvalue weighted by Gasteiger charge is 2.13. The van der Waals surface area contributed by atoms with Crippen molar-refractivity contribution >= 4 is 11.9 Å². The Morgan fingerprint density at radius 1 is 0.688 bits per heavy atom. The molecule has 0 fully saturated rings. The second kappa shape index (κ2) is 24.1. The van der Waals surface area contributed by atoms with E-state index in [9.17, 15) is 9.59 Å². The Morgan fingerprint density at radius 3 is 1.97 bits per heavy atom. The molecular weight excluding hydrogens is 400 g/mol. The van der Waals surface area contributed by atoms with E-state index in [0.29, 0.717) is 6.42 Å². The van der Waals surface area contributed by atoms with Crippen molar-refractivity contribution in [2.75, 3.05) is 0 Å². The summed E-state index contributed by atoms with van der Waals surface area (Å²) in [5.74, 6) is -0.787. The minimum absolute atomic E-state index is 0.0223. The second-order valence-corrected chi connectivity index (χ2v) is 8.87. The summed E-state index contributed by atoms with van der Waals surface area (Å²) in [5, 5.41) is 8.68. The van der Waals surface area contributed by atoms with Gasteiger partial charge in [-0.3, -0.25) is 9.59 Å². The Kier molecular flexibility index (Phi) is 22.9. The van der Waals surface area contributed by atoms with Gasteiger partial charge in [-0.1, -0.05) is 83.1 Å². The Balaban J connectivity index is 3.94. The molecule has 0 saturated heterocycles. The van der Waals surface area contributed by atoms with Crippen LogP contribution in [0.4, 0.5) is 0 Å². The quantitative estimate of drug-likeness (QED) is 0.0962. The number of unbranched alkanes of at least 4 members (excludes halogenated alkanes) is 10. The van der Waals surface area contributed by atoms with Crippen LogP contribution in [0.25, 0.3) is 0 Å². The van der Waals surface area contributed by atoms with Gasteiger partial charge in [-0.15, -0.1) is 0 Å². The van der Waals surface area contributed by atoms with Gasteiger partial charge >= 0.3 is 11.9 Å². The number of hydrogen-bond donors (Lipinski definition) is 1. The van der Waals surface area contributed by atoms with Crippen LogP contribution in [0.5, 0.6) is 0 Å². The number of ether oxygens (including phenoxy) is 1. The summed E-state index contributed by atoms with van der Waals surface area (Å²) >= 11 is 0. The lowest BCUT2D eigenvalue weighted by Crippen LogP contribution is -2.18. The van der Waals surface area contributed by atoms with E-state index in [1.165, 1.54) is 38.5 Å². The molecule has 4 heteroatoms. The number of esters is 1. The first-order valence-electron chi connectivity index (χ1n) is 13.3.